The van der Waals surface area contributed by atoms with Crippen LogP contribution in [-0.2, 0) is 13.7 Å². The average molecular weight is 347 g/mol. The van der Waals surface area contributed by atoms with E-state index in [2.05, 4.69) is 23.2 Å². The predicted molar refractivity (Wildman–Crippen MR) is 102 cm³/mol. The Labute approximate surface area is 151 Å². The van der Waals surface area contributed by atoms with Crippen molar-refractivity contribution in [2.45, 2.75) is 24.9 Å². The van der Waals surface area contributed by atoms with Crippen molar-refractivity contribution < 1.29 is 5.11 Å². The van der Waals surface area contributed by atoms with Crippen LogP contribution in [0.25, 0.3) is 11.1 Å². The molecule has 0 unspecified atom stereocenters. The number of nitrogens with zero attached hydrogens (tertiary/aromatic N) is 2. The Bertz CT molecular complexity index is 1030. The van der Waals surface area contributed by atoms with E-state index < -0.39 is 0 Å². The van der Waals surface area contributed by atoms with Gasteiger partial charge in [-0.3, -0.25) is 9.36 Å². The minimum absolute atomic E-state index is 0.0168. The van der Waals surface area contributed by atoms with Crippen molar-refractivity contribution in [3.63, 3.8) is 0 Å². The minimum atomic E-state index is -0.122. The van der Waals surface area contributed by atoms with E-state index in [9.17, 15) is 9.90 Å². The van der Waals surface area contributed by atoms with Crippen LogP contribution >= 0.6 is 0 Å². The van der Waals surface area contributed by atoms with Gasteiger partial charge in [0.1, 0.15) is 0 Å². The van der Waals surface area contributed by atoms with Crippen molar-refractivity contribution in [2.24, 2.45) is 7.05 Å². The number of anilines is 1. The van der Waals surface area contributed by atoms with Crippen molar-refractivity contribution >= 4 is 5.95 Å². The van der Waals surface area contributed by atoms with Gasteiger partial charge in [0.15, 0.2) is 0 Å². The first-order valence-electron chi connectivity index (χ1n) is 8.71. The summed E-state index contributed by atoms with van der Waals surface area (Å²) in [5.41, 5.74) is 10.8. The molecule has 4 rings (SSSR count). The molecule has 0 spiro atoms. The molecule has 26 heavy (non-hydrogen) atoms. The highest BCUT2D eigenvalue weighted by Crippen LogP contribution is 2.54. The fourth-order valence-electron chi connectivity index (χ4n) is 3.53. The Morgan fingerprint density at radius 3 is 2.73 bits per heavy atom. The first-order chi connectivity index (χ1) is 12.6. The lowest BCUT2D eigenvalue weighted by molar-refractivity contribution is 0.282. The van der Waals surface area contributed by atoms with Gasteiger partial charge in [-0.25, -0.2) is 4.98 Å². The molecule has 1 aliphatic rings. The number of aliphatic hydroxyl groups excluding tert-OH is 1. The maximum absolute atomic E-state index is 12.0. The Kier molecular flexibility index (Phi) is 4.09. The lowest BCUT2D eigenvalue weighted by Crippen LogP contribution is -2.21. The number of aromatic nitrogens is 2. The second-order valence-corrected chi connectivity index (χ2v) is 6.83. The van der Waals surface area contributed by atoms with Crippen LogP contribution in [0.4, 0.5) is 5.95 Å². The maximum Gasteiger partial charge on any atom is 0.254 e. The molecule has 1 fully saturated rings. The van der Waals surface area contributed by atoms with Crippen LogP contribution < -0.4 is 11.3 Å². The highest BCUT2D eigenvalue weighted by atomic mass is 16.3. The fraction of sp³-hybridized carbons (Fsp3) is 0.238. The van der Waals surface area contributed by atoms with E-state index in [1.165, 1.54) is 10.1 Å². The van der Waals surface area contributed by atoms with Crippen LogP contribution in [0.5, 0.6) is 0 Å². The maximum atomic E-state index is 12.0. The highest BCUT2D eigenvalue weighted by molar-refractivity contribution is 5.68. The number of aliphatic hydroxyl groups is 1. The first-order valence-corrected chi connectivity index (χ1v) is 8.71. The number of hydrogen-bond acceptors (Lipinski definition) is 4. The van der Waals surface area contributed by atoms with E-state index >= 15 is 0 Å². The topological polar surface area (TPSA) is 81.1 Å². The van der Waals surface area contributed by atoms with Crippen LogP contribution in [0.3, 0.4) is 0 Å². The molecule has 0 amide bonds. The highest BCUT2D eigenvalue weighted by Gasteiger charge is 2.41. The molecule has 0 bridgehead atoms. The van der Waals surface area contributed by atoms with Gasteiger partial charge in [-0.2, -0.15) is 0 Å². The van der Waals surface area contributed by atoms with Crippen molar-refractivity contribution in [2.75, 3.05) is 5.73 Å². The standard InChI is InChI=1S/C21H21N3O2/c1-24-20(26)11-19(23-21(24)22)18-10-17(18)14-7-4-6-13(9-14)16-8-3-2-5-15(16)12-25/h2-9,11,17-18,25H,10,12H2,1H3,(H2,22,23)/t17-,18-/m0/s1. The van der Waals surface area contributed by atoms with Gasteiger partial charge in [0.2, 0.25) is 5.95 Å². The number of hydrogen-bond donors (Lipinski definition) is 2. The van der Waals surface area contributed by atoms with Crippen LogP contribution in [0.15, 0.2) is 59.4 Å². The quantitative estimate of drug-likeness (QED) is 0.760. The van der Waals surface area contributed by atoms with E-state index in [4.69, 9.17) is 5.73 Å². The molecule has 3 N–H and O–H groups in total. The largest absolute Gasteiger partial charge is 0.392 e. The van der Waals surface area contributed by atoms with Gasteiger partial charge < -0.3 is 10.8 Å². The minimum Gasteiger partial charge on any atom is -0.392 e. The Balaban J connectivity index is 1.64. The number of benzene rings is 2. The molecular formula is C21H21N3O2. The van der Waals surface area contributed by atoms with Crippen LogP contribution in [0.1, 0.15) is 35.1 Å². The Morgan fingerprint density at radius 2 is 1.96 bits per heavy atom. The van der Waals surface area contributed by atoms with Crippen molar-refractivity contribution in [3.8, 4) is 11.1 Å². The van der Waals surface area contributed by atoms with E-state index in [-0.39, 0.29) is 24.0 Å². The monoisotopic (exact) mass is 347 g/mol. The second kappa shape index (κ2) is 6.42. The zero-order valence-corrected chi connectivity index (χ0v) is 14.6. The summed E-state index contributed by atoms with van der Waals surface area (Å²) in [4.78, 5) is 16.4. The van der Waals surface area contributed by atoms with Crippen molar-refractivity contribution in [3.05, 3.63) is 81.8 Å². The average Bonchev–Trinajstić information content (AvgIpc) is 3.46. The third-order valence-corrected chi connectivity index (χ3v) is 5.17. The lowest BCUT2D eigenvalue weighted by Gasteiger charge is -2.10. The number of rotatable bonds is 4. The van der Waals surface area contributed by atoms with E-state index in [0.29, 0.717) is 5.92 Å². The zero-order valence-electron chi connectivity index (χ0n) is 14.6. The van der Waals surface area contributed by atoms with Gasteiger partial charge >= 0.3 is 0 Å². The number of nitrogens with two attached hydrogens (primary N) is 1. The zero-order chi connectivity index (χ0) is 18.3. The molecule has 5 nitrogen and oxygen atoms in total. The Morgan fingerprint density at radius 1 is 1.15 bits per heavy atom. The summed E-state index contributed by atoms with van der Waals surface area (Å²) >= 11 is 0. The molecule has 0 aliphatic heterocycles. The van der Waals surface area contributed by atoms with Crippen LogP contribution in [0, 0.1) is 0 Å². The van der Waals surface area contributed by atoms with Gasteiger partial charge in [0, 0.05) is 19.0 Å². The Hall–Kier alpha value is -2.92. The van der Waals surface area contributed by atoms with Crippen molar-refractivity contribution in [1.82, 2.24) is 9.55 Å². The molecule has 0 radical (unpaired) electrons. The van der Waals surface area contributed by atoms with Gasteiger partial charge in [-0.05, 0) is 34.6 Å². The first kappa shape index (κ1) is 16.5. The molecule has 1 saturated carbocycles. The van der Waals surface area contributed by atoms with Crippen molar-refractivity contribution in [1.29, 1.82) is 0 Å². The summed E-state index contributed by atoms with van der Waals surface area (Å²) in [6.07, 6.45) is 0.963. The molecule has 2 atom stereocenters. The summed E-state index contributed by atoms with van der Waals surface area (Å²) in [5.74, 6) is 0.827. The third kappa shape index (κ3) is 2.91. The van der Waals surface area contributed by atoms with Gasteiger partial charge in [0.05, 0.1) is 12.3 Å². The molecule has 5 heteroatoms. The van der Waals surface area contributed by atoms with Gasteiger partial charge in [-0.1, -0.05) is 48.5 Å². The predicted octanol–water partition coefficient (Wildman–Crippen LogP) is 2.79. The van der Waals surface area contributed by atoms with E-state index in [1.54, 1.807) is 13.1 Å². The normalized spacial score (nSPS) is 18.7. The van der Waals surface area contributed by atoms with E-state index in [1.807, 2.05) is 30.3 Å². The summed E-state index contributed by atoms with van der Waals surface area (Å²) in [7, 11) is 1.63. The summed E-state index contributed by atoms with van der Waals surface area (Å²) < 4.78 is 1.35. The molecule has 0 saturated heterocycles. The van der Waals surface area contributed by atoms with Gasteiger partial charge in [-0.15, -0.1) is 0 Å². The molecular weight excluding hydrogens is 326 g/mol. The molecule has 2 aromatic carbocycles. The number of nitrogen functional groups attached to an aromatic ring is 1. The van der Waals surface area contributed by atoms with Gasteiger partial charge in [0.25, 0.3) is 5.56 Å². The summed E-state index contributed by atoms with van der Waals surface area (Å²) in [6.45, 7) is 0.0168. The van der Waals surface area contributed by atoms with E-state index in [0.717, 1.165) is 28.8 Å². The molecule has 1 heterocycles. The summed E-state index contributed by atoms with van der Waals surface area (Å²) in [5, 5.41) is 9.58. The molecule has 132 valence electrons. The summed E-state index contributed by atoms with van der Waals surface area (Å²) in [6, 6.07) is 17.8. The molecule has 1 aliphatic carbocycles. The molecule has 1 aromatic heterocycles. The second-order valence-electron chi connectivity index (χ2n) is 6.83. The molecule has 3 aromatic rings. The smallest absolute Gasteiger partial charge is 0.254 e. The lowest BCUT2D eigenvalue weighted by atomic mass is 9.96. The SMILES string of the molecule is Cn1c(N)nc([C@H]2C[C@H]2c2cccc(-c3ccccc3CO)c2)cc1=O. The van der Waals surface area contributed by atoms with Crippen LogP contribution in [0.2, 0.25) is 0 Å². The fourth-order valence-corrected chi connectivity index (χ4v) is 3.53. The third-order valence-electron chi connectivity index (χ3n) is 5.17. The van der Waals surface area contributed by atoms with Crippen LogP contribution in [-0.4, -0.2) is 14.7 Å².